The summed E-state index contributed by atoms with van der Waals surface area (Å²) in [4.78, 5) is 16.9. The summed E-state index contributed by atoms with van der Waals surface area (Å²) in [6.45, 7) is 0. The van der Waals surface area contributed by atoms with Crippen molar-refractivity contribution >= 4 is 57.7 Å². The molecule has 138 valence electrons. The van der Waals surface area contributed by atoms with E-state index in [1.165, 1.54) is 23.5 Å². The quantitative estimate of drug-likeness (QED) is 0.548. The Balaban J connectivity index is 1.43. The predicted molar refractivity (Wildman–Crippen MR) is 117 cm³/mol. The van der Waals surface area contributed by atoms with Crippen molar-refractivity contribution in [3.63, 3.8) is 0 Å². The van der Waals surface area contributed by atoms with Crippen molar-refractivity contribution in [2.24, 2.45) is 0 Å². The molecule has 2 aromatic carbocycles. The molecule has 0 bridgehead atoms. The molecule has 0 atom stereocenters. The molecule has 8 heteroatoms. The summed E-state index contributed by atoms with van der Waals surface area (Å²) in [5.74, 6) is 2.77. The van der Waals surface area contributed by atoms with Crippen LogP contribution in [0.3, 0.4) is 0 Å². The largest absolute Gasteiger partial charge is 0.297 e. The van der Waals surface area contributed by atoms with Crippen LogP contribution in [-0.4, -0.2) is 26.8 Å². The normalized spacial score (nSPS) is 14.9. The third-order valence-electron chi connectivity index (χ3n) is 4.00. The van der Waals surface area contributed by atoms with Crippen LogP contribution in [-0.2, 0) is 0 Å². The van der Waals surface area contributed by atoms with E-state index in [1.54, 1.807) is 12.1 Å². The van der Waals surface area contributed by atoms with E-state index >= 15 is 0 Å². The summed E-state index contributed by atoms with van der Waals surface area (Å²) in [6, 6.07) is 15.2. The highest BCUT2D eigenvalue weighted by Crippen LogP contribution is 2.43. The molecule has 1 amide bonds. The topological polar surface area (TPSA) is 54.9 Å². The van der Waals surface area contributed by atoms with Crippen LogP contribution in [0.2, 0.25) is 5.02 Å². The van der Waals surface area contributed by atoms with E-state index in [4.69, 9.17) is 11.6 Å². The van der Waals surface area contributed by atoms with Crippen LogP contribution in [0.5, 0.6) is 0 Å². The molecule has 0 saturated carbocycles. The van der Waals surface area contributed by atoms with Gasteiger partial charge in [0.05, 0.1) is 4.58 Å². The first-order valence-corrected chi connectivity index (χ1v) is 11.7. The van der Waals surface area contributed by atoms with Gasteiger partial charge in [0, 0.05) is 27.7 Å². The molecule has 1 N–H and O–H groups in total. The maximum Gasteiger partial charge on any atom is 0.257 e. The fourth-order valence-electron chi connectivity index (χ4n) is 2.66. The van der Waals surface area contributed by atoms with Gasteiger partial charge in [-0.2, -0.15) is 9.36 Å². The van der Waals surface area contributed by atoms with E-state index in [0.717, 1.165) is 17.1 Å². The Kier molecular flexibility index (Phi) is 6.02. The van der Waals surface area contributed by atoms with Crippen LogP contribution in [0.25, 0.3) is 11.4 Å². The number of anilines is 1. The van der Waals surface area contributed by atoms with Gasteiger partial charge >= 0.3 is 0 Å². The number of amides is 1. The number of aromatic nitrogens is 2. The minimum absolute atomic E-state index is 0.181. The molecule has 4 rings (SSSR count). The van der Waals surface area contributed by atoms with E-state index in [9.17, 15) is 4.79 Å². The molecule has 4 nitrogen and oxygen atoms in total. The van der Waals surface area contributed by atoms with Crippen molar-refractivity contribution in [2.45, 2.75) is 11.0 Å². The van der Waals surface area contributed by atoms with Crippen LogP contribution >= 0.6 is 46.7 Å². The average Bonchev–Trinajstić information content (AvgIpc) is 3.17. The van der Waals surface area contributed by atoms with E-state index in [-0.39, 0.29) is 5.91 Å². The van der Waals surface area contributed by atoms with Gasteiger partial charge in [0.15, 0.2) is 5.82 Å². The van der Waals surface area contributed by atoms with Crippen molar-refractivity contribution in [1.29, 1.82) is 0 Å². The highest BCUT2D eigenvalue weighted by molar-refractivity contribution is 8.16. The minimum atomic E-state index is -0.181. The molecule has 0 radical (unpaired) electrons. The number of benzene rings is 2. The molecule has 1 aliphatic rings. The lowest BCUT2D eigenvalue weighted by atomic mass is 10.1. The van der Waals surface area contributed by atoms with Gasteiger partial charge < -0.3 is 0 Å². The Bertz CT molecular complexity index is 939. The molecular formula is C19H16ClN3OS3. The summed E-state index contributed by atoms with van der Waals surface area (Å²) in [5, 5.41) is 3.92. The van der Waals surface area contributed by atoms with Gasteiger partial charge in [-0.05, 0) is 47.8 Å². The molecule has 1 aromatic heterocycles. The Hall–Kier alpha value is -1.54. The highest BCUT2D eigenvalue weighted by atomic mass is 35.5. The summed E-state index contributed by atoms with van der Waals surface area (Å²) >= 11 is 11.1. The van der Waals surface area contributed by atoms with E-state index in [0.29, 0.717) is 26.1 Å². The van der Waals surface area contributed by atoms with Gasteiger partial charge in [0.1, 0.15) is 0 Å². The average molecular weight is 434 g/mol. The number of halogens is 1. The van der Waals surface area contributed by atoms with Crippen LogP contribution in [0.1, 0.15) is 26.9 Å². The Morgan fingerprint density at radius 1 is 1.11 bits per heavy atom. The van der Waals surface area contributed by atoms with Gasteiger partial charge in [0.25, 0.3) is 5.91 Å². The monoisotopic (exact) mass is 433 g/mol. The van der Waals surface area contributed by atoms with Gasteiger partial charge in [-0.1, -0.05) is 35.9 Å². The van der Waals surface area contributed by atoms with Crippen LogP contribution in [0.4, 0.5) is 5.13 Å². The molecule has 1 aliphatic heterocycles. The van der Waals surface area contributed by atoms with Crippen LogP contribution < -0.4 is 5.32 Å². The van der Waals surface area contributed by atoms with Gasteiger partial charge in [-0.15, -0.1) is 23.5 Å². The van der Waals surface area contributed by atoms with Gasteiger partial charge in [-0.3, -0.25) is 10.1 Å². The number of thioether (sulfide) groups is 2. The molecular weight excluding hydrogens is 418 g/mol. The van der Waals surface area contributed by atoms with E-state index in [1.807, 2.05) is 59.9 Å². The smallest absolute Gasteiger partial charge is 0.257 e. The first kappa shape index (κ1) is 18.8. The molecule has 27 heavy (non-hydrogen) atoms. The van der Waals surface area contributed by atoms with Gasteiger partial charge in [0.2, 0.25) is 5.13 Å². The molecule has 3 aromatic rings. The van der Waals surface area contributed by atoms with Crippen molar-refractivity contribution in [3.05, 3.63) is 64.7 Å². The number of rotatable bonds is 4. The molecule has 0 spiro atoms. The molecule has 1 fully saturated rings. The molecule has 0 unspecified atom stereocenters. The van der Waals surface area contributed by atoms with Crippen LogP contribution in [0, 0.1) is 0 Å². The zero-order valence-electron chi connectivity index (χ0n) is 14.2. The maximum atomic E-state index is 12.5. The van der Waals surface area contributed by atoms with E-state index in [2.05, 4.69) is 14.7 Å². The zero-order valence-corrected chi connectivity index (χ0v) is 17.4. The number of carbonyl (C=O) groups is 1. The van der Waals surface area contributed by atoms with Crippen molar-refractivity contribution in [2.75, 3.05) is 16.8 Å². The molecule has 1 saturated heterocycles. The summed E-state index contributed by atoms with van der Waals surface area (Å²) in [7, 11) is 0. The number of hydrogen-bond donors (Lipinski definition) is 1. The second-order valence-electron chi connectivity index (χ2n) is 5.94. The second kappa shape index (κ2) is 8.65. The number of nitrogens with zero attached hydrogens (tertiary/aromatic N) is 2. The fraction of sp³-hybridized carbons (Fsp3) is 0.211. The Labute approximate surface area is 175 Å². The standard InChI is InChI=1S/C19H16ClN3OS3/c20-15-4-1-3-14(11-15)16-21-19(27-23-16)22-17(24)12-5-7-13(8-6-12)18-25-9-2-10-26-18/h1,3-8,11,18H,2,9-10H2,(H,21,22,23,24). The maximum absolute atomic E-state index is 12.5. The zero-order chi connectivity index (χ0) is 18.6. The number of carbonyl (C=O) groups excluding carboxylic acids is 1. The summed E-state index contributed by atoms with van der Waals surface area (Å²) in [5.41, 5.74) is 2.70. The molecule has 0 aliphatic carbocycles. The van der Waals surface area contributed by atoms with Crippen LogP contribution in [0.15, 0.2) is 48.5 Å². The molecule has 2 heterocycles. The summed E-state index contributed by atoms with van der Waals surface area (Å²) < 4.78 is 4.77. The fourth-order valence-corrected chi connectivity index (χ4v) is 6.33. The van der Waals surface area contributed by atoms with E-state index < -0.39 is 0 Å². The number of nitrogens with one attached hydrogen (secondary N) is 1. The second-order valence-corrected chi connectivity index (χ2v) is 9.85. The Morgan fingerprint density at radius 2 is 1.89 bits per heavy atom. The first-order valence-electron chi connectivity index (χ1n) is 8.43. The highest BCUT2D eigenvalue weighted by Gasteiger charge is 2.17. The van der Waals surface area contributed by atoms with Crippen molar-refractivity contribution in [3.8, 4) is 11.4 Å². The predicted octanol–water partition coefficient (Wildman–Crippen LogP) is 5.98. The minimum Gasteiger partial charge on any atom is -0.297 e. The van der Waals surface area contributed by atoms with Gasteiger partial charge in [-0.25, -0.2) is 0 Å². The summed E-state index contributed by atoms with van der Waals surface area (Å²) in [6.07, 6.45) is 1.27. The Morgan fingerprint density at radius 3 is 2.63 bits per heavy atom. The van der Waals surface area contributed by atoms with Crippen molar-refractivity contribution in [1.82, 2.24) is 9.36 Å². The SMILES string of the molecule is O=C(Nc1nc(-c2cccc(Cl)c2)ns1)c1ccc(C2SCCCS2)cc1. The lowest BCUT2D eigenvalue weighted by Gasteiger charge is -2.21. The lowest BCUT2D eigenvalue weighted by molar-refractivity contribution is 0.102. The first-order chi connectivity index (χ1) is 13.2. The third kappa shape index (κ3) is 4.66. The third-order valence-corrected chi connectivity index (χ3v) is 7.88. The number of hydrogen-bond acceptors (Lipinski definition) is 6. The van der Waals surface area contributed by atoms with Crippen molar-refractivity contribution < 1.29 is 4.79 Å². The lowest BCUT2D eigenvalue weighted by Crippen LogP contribution is -2.11.